The zero-order valence-corrected chi connectivity index (χ0v) is 15.3. The first-order valence-corrected chi connectivity index (χ1v) is 9.72. The molecule has 1 amide bonds. The van der Waals surface area contributed by atoms with Crippen LogP contribution in [-0.2, 0) is 31.2 Å². The summed E-state index contributed by atoms with van der Waals surface area (Å²) in [6.45, 7) is 2.13. The number of aliphatic imine (C=N–C) groups is 1. The molecule has 28 heavy (non-hydrogen) atoms. The van der Waals surface area contributed by atoms with Crippen LogP contribution in [0.3, 0.4) is 0 Å². The van der Waals surface area contributed by atoms with Crippen LogP contribution in [-0.4, -0.2) is 35.7 Å². The second-order valence-corrected chi connectivity index (χ2v) is 7.80. The van der Waals surface area contributed by atoms with E-state index in [-0.39, 0.29) is 17.6 Å². The predicted molar refractivity (Wildman–Crippen MR) is 100 cm³/mol. The molecule has 6 nitrogen and oxygen atoms in total. The smallest absolute Gasteiger partial charge is 0.328 e. The van der Waals surface area contributed by atoms with Crippen LogP contribution in [0.1, 0.15) is 35.6 Å². The van der Waals surface area contributed by atoms with Gasteiger partial charge in [-0.1, -0.05) is 54.6 Å². The highest BCUT2D eigenvalue weighted by Gasteiger charge is 2.70. The monoisotopic (exact) mass is 376 g/mol. The molecule has 2 spiro atoms. The maximum atomic E-state index is 12.5. The minimum Gasteiger partial charge on any atom is -0.419 e. The lowest BCUT2D eigenvalue weighted by molar-refractivity contribution is -0.130. The minimum atomic E-state index is -1.26. The van der Waals surface area contributed by atoms with Crippen LogP contribution in [0.25, 0.3) is 0 Å². The van der Waals surface area contributed by atoms with Gasteiger partial charge >= 0.3 is 11.7 Å². The molecule has 142 valence electrons. The van der Waals surface area contributed by atoms with Crippen LogP contribution in [0.15, 0.2) is 59.6 Å². The van der Waals surface area contributed by atoms with E-state index in [4.69, 9.17) is 14.2 Å². The van der Waals surface area contributed by atoms with Gasteiger partial charge in [-0.15, -0.1) is 0 Å². The van der Waals surface area contributed by atoms with Crippen molar-refractivity contribution in [3.8, 4) is 0 Å². The number of epoxide rings is 1. The van der Waals surface area contributed by atoms with E-state index >= 15 is 0 Å². The third-order valence-electron chi connectivity index (χ3n) is 6.28. The highest BCUT2D eigenvalue weighted by atomic mass is 16.8. The molecular formula is C22H20N2O4. The number of carbonyl (C=O) groups excluding carboxylic acids is 1. The quantitative estimate of drug-likeness (QED) is 0.716. The van der Waals surface area contributed by atoms with Crippen molar-refractivity contribution in [1.82, 2.24) is 4.90 Å². The molecule has 6 rings (SSSR count). The van der Waals surface area contributed by atoms with Gasteiger partial charge in [-0.3, -0.25) is 4.79 Å². The lowest BCUT2D eigenvalue weighted by Gasteiger charge is -2.39. The summed E-state index contributed by atoms with van der Waals surface area (Å²) < 4.78 is 17.9. The number of likely N-dealkylation sites (tertiary alicyclic amines) is 1. The Balaban J connectivity index is 1.17. The van der Waals surface area contributed by atoms with Gasteiger partial charge < -0.3 is 19.1 Å². The number of nitrogens with zero attached hydrogens (tertiary/aromatic N) is 2. The standard InChI is InChI=1S/C22H20N2O4/c25-19-22(18(27-22)15-6-2-1-3-7-15)28-20(23-19)24-12-10-21(11-13-24)17-9-5-4-8-16(17)14-26-21/h1-9,18H,10-14H2. The molecule has 0 saturated carbocycles. The molecule has 2 fully saturated rings. The van der Waals surface area contributed by atoms with Crippen LogP contribution in [0.4, 0.5) is 0 Å². The highest BCUT2D eigenvalue weighted by Crippen LogP contribution is 2.54. The van der Waals surface area contributed by atoms with Gasteiger partial charge in [0.1, 0.15) is 0 Å². The molecule has 0 aromatic heterocycles. The number of hydrogen-bond donors (Lipinski definition) is 0. The summed E-state index contributed by atoms with van der Waals surface area (Å²) in [5.41, 5.74) is 3.28. The summed E-state index contributed by atoms with van der Waals surface area (Å²) >= 11 is 0. The normalized spacial score (nSPS) is 29.7. The fourth-order valence-electron chi connectivity index (χ4n) is 4.66. The molecule has 0 aliphatic carbocycles. The third kappa shape index (κ3) is 2.22. The van der Waals surface area contributed by atoms with E-state index in [1.165, 1.54) is 11.1 Å². The van der Waals surface area contributed by atoms with E-state index in [1.807, 2.05) is 35.2 Å². The Morgan fingerprint density at radius 2 is 1.75 bits per heavy atom. The van der Waals surface area contributed by atoms with E-state index in [1.54, 1.807) is 0 Å². The van der Waals surface area contributed by atoms with Gasteiger partial charge in [-0.2, -0.15) is 4.99 Å². The maximum absolute atomic E-state index is 12.5. The number of ether oxygens (including phenoxy) is 3. The molecule has 2 atom stereocenters. The zero-order valence-electron chi connectivity index (χ0n) is 15.3. The fourth-order valence-corrected chi connectivity index (χ4v) is 4.66. The van der Waals surface area contributed by atoms with Gasteiger partial charge in [0.25, 0.3) is 6.02 Å². The lowest BCUT2D eigenvalue weighted by atomic mass is 9.84. The first-order valence-electron chi connectivity index (χ1n) is 9.72. The maximum Gasteiger partial charge on any atom is 0.328 e. The van der Waals surface area contributed by atoms with Gasteiger partial charge in [0, 0.05) is 13.1 Å². The van der Waals surface area contributed by atoms with E-state index in [0.717, 1.165) is 31.5 Å². The van der Waals surface area contributed by atoms with Crippen molar-refractivity contribution in [3.63, 3.8) is 0 Å². The first-order chi connectivity index (χ1) is 13.7. The molecule has 4 aliphatic rings. The van der Waals surface area contributed by atoms with Crippen LogP contribution in [0, 0.1) is 0 Å². The molecule has 0 N–H and O–H groups in total. The van der Waals surface area contributed by atoms with E-state index < -0.39 is 5.79 Å². The number of carbonyl (C=O) groups is 1. The summed E-state index contributed by atoms with van der Waals surface area (Å²) in [4.78, 5) is 18.7. The topological polar surface area (TPSA) is 63.7 Å². The zero-order chi connectivity index (χ0) is 18.8. The number of piperidine rings is 1. The number of rotatable bonds is 1. The lowest BCUT2D eigenvalue weighted by Crippen LogP contribution is -2.45. The third-order valence-corrected chi connectivity index (χ3v) is 6.28. The number of fused-ring (bicyclic) bond motifs is 2. The molecule has 2 aromatic rings. The summed E-state index contributed by atoms with van der Waals surface area (Å²) in [7, 11) is 0. The first kappa shape index (κ1) is 16.3. The number of hydrogen-bond acceptors (Lipinski definition) is 5. The van der Waals surface area contributed by atoms with Gasteiger partial charge in [0.05, 0.1) is 12.2 Å². The minimum absolute atomic E-state index is 0.226. The molecule has 2 aromatic carbocycles. The van der Waals surface area contributed by atoms with E-state index in [2.05, 4.69) is 29.3 Å². The van der Waals surface area contributed by atoms with Gasteiger partial charge in [-0.25, -0.2) is 0 Å². The Morgan fingerprint density at radius 3 is 2.57 bits per heavy atom. The molecule has 4 aliphatic heterocycles. The van der Waals surface area contributed by atoms with Crippen molar-refractivity contribution in [2.75, 3.05) is 13.1 Å². The second-order valence-electron chi connectivity index (χ2n) is 7.80. The van der Waals surface area contributed by atoms with Crippen LogP contribution < -0.4 is 0 Å². The van der Waals surface area contributed by atoms with Crippen molar-refractivity contribution in [1.29, 1.82) is 0 Å². The summed E-state index contributed by atoms with van der Waals surface area (Å²) in [6.07, 6.45) is 1.30. The SMILES string of the molecule is O=C1N=C(N2CCC3(CC2)OCc2ccccc23)OC12OC2c1ccccc1. The number of benzene rings is 2. The van der Waals surface area contributed by atoms with E-state index in [0.29, 0.717) is 12.6 Å². The van der Waals surface area contributed by atoms with Crippen LogP contribution in [0.2, 0.25) is 0 Å². The number of amidine groups is 1. The average molecular weight is 376 g/mol. The van der Waals surface area contributed by atoms with Gasteiger partial charge in [0.15, 0.2) is 6.10 Å². The Bertz CT molecular complexity index is 981. The molecule has 2 saturated heterocycles. The number of amides is 1. The fraction of sp³-hybridized carbons (Fsp3) is 0.364. The average Bonchev–Trinajstić information content (AvgIpc) is 3.25. The van der Waals surface area contributed by atoms with Crippen molar-refractivity contribution in [3.05, 3.63) is 71.3 Å². The van der Waals surface area contributed by atoms with Crippen LogP contribution >= 0.6 is 0 Å². The predicted octanol–water partition coefficient (Wildman–Crippen LogP) is 2.89. The Morgan fingerprint density at radius 1 is 1.00 bits per heavy atom. The molecule has 6 heteroatoms. The largest absolute Gasteiger partial charge is 0.419 e. The van der Waals surface area contributed by atoms with Crippen molar-refractivity contribution < 1.29 is 19.0 Å². The Hall–Kier alpha value is -2.70. The molecule has 2 unspecified atom stereocenters. The molecular weight excluding hydrogens is 356 g/mol. The Labute approximate surface area is 162 Å². The Kier molecular flexibility index (Phi) is 3.29. The molecule has 0 bridgehead atoms. The molecule has 0 radical (unpaired) electrons. The molecule has 4 heterocycles. The van der Waals surface area contributed by atoms with Gasteiger partial charge in [0.2, 0.25) is 0 Å². The van der Waals surface area contributed by atoms with E-state index in [9.17, 15) is 4.79 Å². The van der Waals surface area contributed by atoms with Crippen molar-refractivity contribution in [2.24, 2.45) is 4.99 Å². The summed E-state index contributed by atoms with van der Waals surface area (Å²) in [5.74, 6) is -1.61. The highest BCUT2D eigenvalue weighted by molar-refractivity contribution is 6.02. The van der Waals surface area contributed by atoms with Crippen molar-refractivity contribution >= 4 is 11.9 Å². The second kappa shape index (κ2) is 5.65. The van der Waals surface area contributed by atoms with Crippen LogP contribution in [0.5, 0.6) is 0 Å². The van der Waals surface area contributed by atoms with Gasteiger partial charge in [-0.05, 0) is 29.5 Å². The summed E-state index contributed by atoms with van der Waals surface area (Å²) in [6, 6.07) is 18.5. The van der Waals surface area contributed by atoms with Crippen molar-refractivity contribution in [2.45, 2.75) is 36.9 Å². The summed E-state index contributed by atoms with van der Waals surface area (Å²) in [5, 5.41) is 0.